The van der Waals surface area contributed by atoms with Crippen molar-refractivity contribution in [3.63, 3.8) is 0 Å². The number of aromatic nitrogens is 2. The zero-order valence-corrected chi connectivity index (χ0v) is 22.9. The number of rotatable bonds is 9. The summed E-state index contributed by atoms with van der Waals surface area (Å²) < 4.78 is 18.4. The lowest BCUT2D eigenvalue weighted by Gasteiger charge is -2.32. The Bertz CT molecular complexity index is 1240. The molecule has 1 fully saturated rings. The molecule has 1 saturated heterocycles. The summed E-state index contributed by atoms with van der Waals surface area (Å²) in [4.78, 5) is 11.4. The Kier molecular flexibility index (Phi) is 8.55. The van der Waals surface area contributed by atoms with Gasteiger partial charge in [0, 0.05) is 42.6 Å². The molecule has 0 radical (unpaired) electrons. The average Bonchev–Trinajstić information content (AvgIpc) is 2.86. The van der Waals surface area contributed by atoms with Crippen molar-refractivity contribution in [3.8, 4) is 5.75 Å². The Labute approximate surface area is 218 Å². The second-order valence-corrected chi connectivity index (χ2v) is 13.2. The van der Waals surface area contributed by atoms with Crippen molar-refractivity contribution in [3.05, 3.63) is 65.1 Å². The van der Waals surface area contributed by atoms with Gasteiger partial charge in [-0.2, -0.15) is 0 Å². The van der Waals surface area contributed by atoms with Gasteiger partial charge >= 0.3 is 0 Å². The fraction of sp³-hybridized carbons (Fsp3) is 0.407. The second kappa shape index (κ2) is 11.6. The minimum atomic E-state index is -2.46. The van der Waals surface area contributed by atoms with Crippen LogP contribution in [0.25, 0.3) is 0 Å². The van der Waals surface area contributed by atoms with Crippen molar-refractivity contribution >= 4 is 41.2 Å². The number of nitrogens with two attached hydrogens (primary N) is 1. The molecule has 192 valence electrons. The summed E-state index contributed by atoms with van der Waals surface area (Å²) in [5, 5.41) is 4.46. The number of ether oxygens (including phenoxy) is 1. The number of methoxy groups -OCH3 is 1. The normalized spacial score (nSPS) is 14.6. The Morgan fingerprint density at radius 2 is 1.92 bits per heavy atom. The first kappa shape index (κ1) is 26.5. The van der Waals surface area contributed by atoms with Gasteiger partial charge in [0.2, 0.25) is 0 Å². The van der Waals surface area contributed by atoms with E-state index in [-0.39, 0.29) is 0 Å². The molecular formula is C27H35ClN5O2P. The second-order valence-electron chi connectivity index (χ2n) is 9.65. The summed E-state index contributed by atoms with van der Waals surface area (Å²) in [6.45, 7) is 5.46. The largest absolute Gasteiger partial charge is 0.496 e. The smallest absolute Gasteiger partial charge is 0.152 e. The summed E-state index contributed by atoms with van der Waals surface area (Å²) in [6.07, 6.45) is 6.06. The van der Waals surface area contributed by atoms with Gasteiger partial charge in [0.15, 0.2) is 5.82 Å². The lowest BCUT2D eigenvalue weighted by atomic mass is 10.0. The number of nitrogens with zero attached hydrogens (tertiary/aromatic N) is 3. The van der Waals surface area contributed by atoms with Crippen LogP contribution in [0.2, 0.25) is 5.02 Å². The Morgan fingerprint density at radius 3 is 2.64 bits per heavy atom. The molecule has 0 amide bonds. The number of hydrogen-bond acceptors (Lipinski definition) is 7. The molecule has 7 nitrogen and oxygen atoms in total. The van der Waals surface area contributed by atoms with Gasteiger partial charge in [-0.3, -0.25) is 0 Å². The van der Waals surface area contributed by atoms with Gasteiger partial charge in [0.1, 0.15) is 23.7 Å². The molecule has 0 bridgehead atoms. The molecule has 3 N–H and O–H groups in total. The van der Waals surface area contributed by atoms with Crippen molar-refractivity contribution in [2.45, 2.75) is 38.1 Å². The van der Waals surface area contributed by atoms with E-state index in [1.807, 2.05) is 24.3 Å². The topological polar surface area (TPSA) is 93.4 Å². The Balaban J connectivity index is 1.41. The number of benzene rings is 2. The van der Waals surface area contributed by atoms with Crippen LogP contribution in [0.15, 0.2) is 48.7 Å². The molecule has 2 heterocycles. The van der Waals surface area contributed by atoms with Crippen LogP contribution >= 0.6 is 18.7 Å². The monoisotopic (exact) mass is 527 g/mol. The molecule has 4 rings (SSSR count). The Morgan fingerprint density at radius 1 is 1.17 bits per heavy atom. The number of halogens is 1. The molecule has 0 saturated carbocycles. The quantitative estimate of drug-likeness (QED) is 0.368. The van der Waals surface area contributed by atoms with Crippen LogP contribution in [0.1, 0.15) is 30.7 Å². The highest BCUT2D eigenvalue weighted by Gasteiger charge is 2.19. The van der Waals surface area contributed by atoms with Crippen LogP contribution in [-0.4, -0.2) is 49.5 Å². The summed E-state index contributed by atoms with van der Waals surface area (Å²) in [5.74, 6) is 2.13. The van der Waals surface area contributed by atoms with E-state index in [1.54, 1.807) is 26.6 Å². The third kappa shape index (κ3) is 6.58. The van der Waals surface area contributed by atoms with Gasteiger partial charge < -0.3 is 25.3 Å². The van der Waals surface area contributed by atoms with Gasteiger partial charge in [-0.15, -0.1) is 0 Å². The summed E-state index contributed by atoms with van der Waals surface area (Å²) >= 11 is 6.39. The van der Waals surface area contributed by atoms with E-state index in [0.717, 1.165) is 61.1 Å². The van der Waals surface area contributed by atoms with Crippen molar-refractivity contribution < 1.29 is 9.30 Å². The van der Waals surface area contributed by atoms with Gasteiger partial charge in [-0.1, -0.05) is 29.8 Å². The molecule has 1 aromatic heterocycles. The fourth-order valence-electron chi connectivity index (χ4n) is 4.52. The number of para-hydroxylation sites is 1. The molecule has 2 aromatic carbocycles. The van der Waals surface area contributed by atoms with E-state index in [2.05, 4.69) is 38.4 Å². The number of nitrogens with one attached hydrogen (secondary N) is 1. The minimum Gasteiger partial charge on any atom is -0.496 e. The molecular weight excluding hydrogens is 493 g/mol. The van der Waals surface area contributed by atoms with Crippen LogP contribution in [0.3, 0.4) is 0 Å². The molecule has 0 spiro atoms. The van der Waals surface area contributed by atoms with Crippen LogP contribution in [-0.2, 0) is 17.4 Å². The maximum atomic E-state index is 12.7. The van der Waals surface area contributed by atoms with E-state index in [1.165, 1.54) is 5.69 Å². The molecule has 9 heteroatoms. The van der Waals surface area contributed by atoms with Crippen molar-refractivity contribution in [2.75, 3.05) is 43.7 Å². The first-order valence-electron chi connectivity index (χ1n) is 12.3. The van der Waals surface area contributed by atoms with Crippen molar-refractivity contribution in [1.82, 2.24) is 9.97 Å². The molecule has 3 aromatic rings. The number of aryl methyl sites for hydroxylation is 2. The zero-order chi connectivity index (χ0) is 25.7. The SMILES string of the molecule is COc1cc(N2CCC(N)CC2)ccc1CCCc1ncc(Cl)c(Nc2ccccc2P(C)(C)=O)n1. The maximum absolute atomic E-state index is 12.7. The van der Waals surface area contributed by atoms with Gasteiger partial charge in [0.05, 0.1) is 19.0 Å². The predicted molar refractivity (Wildman–Crippen MR) is 150 cm³/mol. The minimum absolute atomic E-state index is 0.308. The van der Waals surface area contributed by atoms with E-state index >= 15 is 0 Å². The third-order valence-electron chi connectivity index (χ3n) is 6.55. The maximum Gasteiger partial charge on any atom is 0.152 e. The number of piperidine rings is 1. The van der Waals surface area contributed by atoms with E-state index in [4.69, 9.17) is 22.1 Å². The molecule has 0 unspecified atom stereocenters. The van der Waals surface area contributed by atoms with Gasteiger partial charge in [-0.05, 0) is 62.8 Å². The third-order valence-corrected chi connectivity index (χ3v) is 8.38. The van der Waals surface area contributed by atoms with Crippen LogP contribution in [0, 0.1) is 0 Å². The van der Waals surface area contributed by atoms with Crippen molar-refractivity contribution in [2.24, 2.45) is 5.73 Å². The predicted octanol–water partition coefficient (Wildman–Crippen LogP) is 5.23. The summed E-state index contributed by atoms with van der Waals surface area (Å²) in [6, 6.07) is 14.3. The summed E-state index contributed by atoms with van der Waals surface area (Å²) in [5.41, 5.74) is 9.15. The first-order chi connectivity index (χ1) is 17.2. The molecule has 0 aliphatic carbocycles. The summed E-state index contributed by atoms with van der Waals surface area (Å²) in [7, 11) is -0.744. The van der Waals surface area contributed by atoms with Gasteiger partial charge in [-0.25, -0.2) is 9.97 Å². The highest BCUT2D eigenvalue weighted by molar-refractivity contribution is 7.70. The van der Waals surface area contributed by atoms with Crippen LogP contribution < -0.4 is 26.0 Å². The van der Waals surface area contributed by atoms with Crippen LogP contribution in [0.5, 0.6) is 5.75 Å². The fourth-order valence-corrected chi connectivity index (χ4v) is 5.81. The lowest BCUT2D eigenvalue weighted by molar-refractivity contribution is 0.408. The first-order valence-corrected chi connectivity index (χ1v) is 15.3. The number of hydrogen-bond donors (Lipinski definition) is 2. The van der Waals surface area contributed by atoms with Crippen molar-refractivity contribution in [1.29, 1.82) is 0 Å². The number of anilines is 3. The average molecular weight is 528 g/mol. The zero-order valence-electron chi connectivity index (χ0n) is 21.2. The molecule has 0 atom stereocenters. The van der Waals surface area contributed by atoms with E-state index in [0.29, 0.717) is 29.1 Å². The standard InChI is InChI=1S/C27H35ClN5O2P/c1-35-24-17-21(33-15-13-20(29)14-16-33)12-11-19(24)7-6-10-26-30-18-22(28)27(32-26)31-23-8-4-5-9-25(23)36(2,3)34/h4-5,8-9,11-12,17-18,20H,6-7,10,13-16,29H2,1-3H3,(H,30,31,32). The Hall–Kier alpha value is -2.60. The van der Waals surface area contributed by atoms with Gasteiger partial charge in [0.25, 0.3) is 0 Å². The van der Waals surface area contributed by atoms with Crippen LogP contribution in [0.4, 0.5) is 17.2 Å². The highest BCUT2D eigenvalue weighted by atomic mass is 35.5. The van der Waals surface area contributed by atoms with E-state index in [9.17, 15) is 4.57 Å². The molecule has 1 aliphatic heterocycles. The molecule has 1 aliphatic rings. The molecule has 36 heavy (non-hydrogen) atoms. The highest BCUT2D eigenvalue weighted by Crippen LogP contribution is 2.38. The lowest BCUT2D eigenvalue weighted by Crippen LogP contribution is -2.39. The van der Waals surface area contributed by atoms with E-state index < -0.39 is 7.14 Å².